The number of anilines is 2. The molecule has 0 unspecified atom stereocenters. The van der Waals surface area contributed by atoms with E-state index in [1.165, 1.54) is 24.3 Å². The SMILES string of the molecule is CC(C)N1c2ccc(/C=C3\C(=O)NC(=O)N(c4ccccc4F)C3=O)cc2[C@H](C)CC1(C)C. The lowest BCUT2D eigenvalue weighted by Gasteiger charge is -2.50. The first kappa shape index (κ1) is 22.7. The molecule has 0 aromatic heterocycles. The number of rotatable bonds is 3. The third-order valence-electron chi connectivity index (χ3n) is 6.32. The molecule has 2 aromatic rings. The van der Waals surface area contributed by atoms with Gasteiger partial charge in [0.25, 0.3) is 11.8 Å². The highest BCUT2D eigenvalue weighted by Crippen LogP contribution is 2.44. The maximum Gasteiger partial charge on any atom is 0.336 e. The number of hydrogen-bond donors (Lipinski definition) is 1. The maximum absolute atomic E-state index is 14.3. The highest BCUT2D eigenvalue weighted by molar-refractivity contribution is 6.39. The molecule has 2 heterocycles. The van der Waals surface area contributed by atoms with E-state index in [-0.39, 0.29) is 22.7 Å². The van der Waals surface area contributed by atoms with Crippen molar-refractivity contribution in [1.29, 1.82) is 0 Å². The molecule has 2 aromatic carbocycles. The fraction of sp³-hybridized carbons (Fsp3) is 0.346. The van der Waals surface area contributed by atoms with Crippen molar-refractivity contribution in [2.45, 2.75) is 58.5 Å². The topological polar surface area (TPSA) is 69.7 Å². The molecule has 0 spiro atoms. The Morgan fingerprint density at radius 2 is 1.79 bits per heavy atom. The zero-order valence-corrected chi connectivity index (χ0v) is 19.5. The summed E-state index contributed by atoms with van der Waals surface area (Å²) < 4.78 is 14.3. The van der Waals surface area contributed by atoms with Crippen molar-refractivity contribution >= 4 is 35.3 Å². The molecule has 4 rings (SSSR count). The van der Waals surface area contributed by atoms with Gasteiger partial charge in [-0.2, -0.15) is 0 Å². The number of urea groups is 1. The number of para-hydroxylation sites is 1. The highest BCUT2D eigenvalue weighted by Gasteiger charge is 2.39. The number of benzene rings is 2. The molecule has 172 valence electrons. The Labute approximate surface area is 193 Å². The molecule has 2 aliphatic heterocycles. The van der Waals surface area contributed by atoms with Crippen LogP contribution in [0.3, 0.4) is 0 Å². The van der Waals surface area contributed by atoms with E-state index in [0.29, 0.717) is 16.5 Å². The van der Waals surface area contributed by atoms with Gasteiger partial charge in [0.1, 0.15) is 11.4 Å². The van der Waals surface area contributed by atoms with Gasteiger partial charge < -0.3 is 4.90 Å². The molecule has 1 N–H and O–H groups in total. The van der Waals surface area contributed by atoms with E-state index < -0.39 is 23.7 Å². The van der Waals surface area contributed by atoms with Crippen molar-refractivity contribution in [3.05, 3.63) is 65.0 Å². The van der Waals surface area contributed by atoms with Crippen LogP contribution >= 0.6 is 0 Å². The lowest BCUT2D eigenvalue weighted by atomic mass is 9.78. The lowest BCUT2D eigenvalue weighted by Crippen LogP contribution is -2.54. The Hall–Kier alpha value is -3.48. The number of barbiturate groups is 1. The average molecular weight is 450 g/mol. The Balaban J connectivity index is 1.75. The monoisotopic (exact) mass is 449 g/mol. The Morgan fingerprint density at radius 3 is 2.45 bits per heavy atom. The Morgan fingerprint density at radius 1 is 1.09 bits per heavy atom. The largest absolute Gasteiger partial charge is 0.364 e. The van der Waals surface area contributed by atoms with Gasteiger partial charge in [0.15, 0.2) is 0 Å². The quantitative estimate of drug-likeness (QED) is 0.529. The van der Waals surface area contributed by atoms with Gasteiger partial charge in [0, 0.05) is 17.3 Å². The van der Waals surface area contributed by atoms with Crippen molar-refractivity contribution in [2.75, 3.05) is 9.80 Å². The van der Waals surface area contributed by atoms with Crippen LogP contribution in [0.2, 0.25) is 0 Å². The number of amides is 4. The number of imide groups is 2. The fourth-order valence-corrected chi connectivity index (χ4v) is 5.21. The molecule has 1 saturated heterocycles. The van der Waals surface area contributed by atoms with Crippen molar-refractivity contribution in [2.24, 2.45) is 0 Å². The standard InChI is InChI=1S/C26H28FN3O3/c1-15(2)30-21-11-10-17(12-18(21)16(3)14-26(30,4)5)13-19-23(31)28-25(33)29(24(19)32)22-9-7-6-8-20(22)27/h6-13,15-16H,14H2,1-5H3,(H,28,31,33)/b19-13+/t16-/m1/s1. The molecule has 0 radical (unpaired) electrons. The second kappa shape index (κ2) is 8.14. The Bertz CT molecular complexity index is 1190. The van der Waals surface area contributed by atoms with Crippen LogP contribution in [0.25, 0.3) is 6.08 Å². The van der Waals surface area contributed by atoms with Gasteiger partial charge >= 0.3 is 6.03 Å². The molecular formula is C26H28FN3O3. The number of carbonyl (C=O) groups is 3. The first-order valence-corrected chi connectivity index (χ1v) is 11.1. The molecule has 7 heteroatoms. The van der Waals surface area contributed by atoms with Crippen molar-refractivity contribution in [1.82, 2.24) is 5.32 Å². The van der Waals surface area contributed by atoms with Gasteiger partial charge in [-0.05, 0) is 81.5 Å². The number of carbonyl (C=O) groups excluding carboxylic acids is 3. The number of hydrogen-bond acceptors (Lipinski definition) is 4. The van der Waals surface area contributed by atoms with Gasteiger partial charge in [0.05, 0.1) is 5.69 Å². The number of fused-ring (bicyclic) bond motifs is 1. The van der Waals surface area contributed by atoms with Crippen molar-refractivity contribution < 1.29 is 18.8 Å². The van der Waals surface area contributed by atoms with Crippen LogP contribution in [0.5, 0.6) is 0 Å². The molecule has 0 bridgehead atoms. The third-order valence-corrected chi connectivity index (χ3v) is 6.32. The zero-order chi connectivity index (χ0) is 24.1. The van der Waals surface area contributed by atoms with Gasteiger partial charge in [-0.25, -0.2) is 14.1 Å². The van der Waals surface area contributed by atoms with Crippen LogP contribution < -0.4 is 15.1 Å². The van der Waals surface area contributed by atoms with Gasteiger partial charge in [-0.15, -0.1) is 0 Å². The van der Waals surface area contributed by atoms with Crippen LogP contribution in [0.1, 0.15) is 58.1 Å². The molecule has 1 fully saturated rings. The minimum atomic E-state index is -0.971. The van der Waals surface area contributed by atoms with E-state index in [9.17, 15) is 18.8 Å². The molecular weight excluding hydrogens is 421 g/mol. The minimum absolute atomic E-state index is 0.000402. The summed E-state index contributed by atoms with van der Waals surface area (Å²) in [5.41, 5.74) is 2.53. The van der Waals surface area contributed by atoms with Crippen LogP contribution in [-0.2, 0) is 9.59 Å². The molecule has 6 nitrogen and oxygen atoms in total. The third kappa shape index (κ3) is 3.92. The zero-order valence-electron chi connectivity index (χ0n) is 19.5. The first-order chi connectivity index (χ1) is 15.5. The predicted molar refractivity (Wildman–Crippen MR) is 127 cm³/mol. The van der Waals surface area contributed by atoms with E-state index in [0.717, 1.165) is 23.7 Å². The normalized spacial score (nSPS) is 21.5. The van der Waals surface area contributed by atoms with E-state index in [1.54, 1.807) is 0 Å². The van der Waals surface area contributed by atoms with E-state index in [2.05, 4.69) is 44.8 Å². The minimum Gasteiger partial charge on any atom is -0.364 e. The molecule has 33 heavy (non-hydrogen) atoms. The van der Waals surface area contributed by atoms with E-state index in [1.807, 2.05) is 18.2 Å². The summed E-state index contributed by atoms with van der Waals surface area (Å²) in [6.07, 6.45) is 2.43. The van der Waals surface area contributed by atoms with Crippen LogP contribution in [-0.4, -0.2) is 29.4 Å². The van der Waals surface area contributed by atoms with Crippen molar-refractivity contribution in [3.8, 4) is 0 Å². The van der Waals surface area contributed by atoms with Gasteiger partial charge in [-0.3, -0.25) is 14.9 Å². The van der Waals surface area contributed by atoms with E-state index >= 15 is 0 Å². The average Bonchev–Trinajstić information content (AvgIpc) is 2.71. The molecule has 4 amide bonds. The Kier molecular flexibility index (Phi) is 5.60. The second-order valence-corrected chi connectivity index (χ2v) is 9.61. The second-order valence-electron chi connectivity index (χ2n) is 9.61. The summed E-state index contributed by atoms with van der Waals surface area (Å²) >= 11 is 0. The summed E-state index contributed by atoms with van der Waals surface area (Å²) in [7, 11) is 0. The first-order valence-electron chi connectivity index (χ1n) is 11.1. The van der Waals surface area contributed by atoms with Crippen LogP contribution in [0, 0.1) is 5.82 Å². The summed E-state index contributed by atoms with van der Waals surface area (Å²) in [5.74, 6) is -2.10. The maximum atomic E-state index is 14.3. The van der Waals surface area contributed by atoms with E-state index in [4.69, 9.17) is 0 Å². The molecule has 0 aliphatic carbocycles. The van der Waals surface area contributed by atoms with Crippen LogP contribution in [0.15, 0.2) is 48.0 Å². The summed E-state index contributed by atoms with van der Waals surface area (Å²) in [4.78, 5) is 41.0. The molecule has 0 saturated carbocycles. The summed E-state index contributed by atoms with van der Waals surface area (Å²) in [6, 6.07) is 10.7. The molecule has 2 aliphatic rings. The number of halogens is 1. The lowest BCUT2D eigenvalue weighted by molar-refractivity contribution is -0.122. The van der Waals surface area contributed by atoms with Gasteiger partial charge in [0.2, 0.25) is 0 Å². The summed E-state index contributed by atoms with van der Waals surface area (Å²) in [5, 5.41) is 2.14. The summed E-state index contributed by atoms with van der Waals surface area (Å²) in [6.45, 7) is 11.0. The highest BCUT2D eigenvalue weighted by atomic mass is 19.1. The molecule has 1 atom stereocenters. The smallest absolute Gasteiger partial charge is 0.336 e. The number of nitrogens with zero attached hydrogens (tertiary/aromatic N) is 2. The van der Waals surface area contributed by atoms with Crippen molar-refractivity contribution in [3.63, 3.8) is 0 Å². The fourth-order valence-electron chi connectivity index (χ4n) is 5.21. The number of nitrogens with one attached hydrogen (secondary N) is 1. The van der Waals surface area contributed by atoms with Gasteiger partial charge in [-0.1, -0.05) is 25.1 Å². The predicted octanol–water partition coefficient (Wildman–Crippen LogP) is 4.99. The van der Waals surface area contributed by atoms with Crippen LogP contribution in [0.4, 0.5) is 20.6 Å².